The van der Waals surface area contributed by atoms with Gasteiger partial charge in [-0.25, -0.2) is 4.67 Å². The second-order valence-electron chi connectivity index (χ2n) is 6.30. The lowest BCUT2D eigenvalue weighted by atomic mass is 10.3. The SMILES string of the molecule is CCOC(=O)CN1CCCCOP1(=O)c1ccc(Oc2ccc(Cl)cc2)cc1. The number of halogens is 1. The van der Waals surface area contributed by atoms with Gasteiger partial charge in [0.15, 0.2) is 0 Å². The maximum absolute atomic E-state index is 13.7. The molecule has 0 spiro atoms. The number of carbonyl (C=O) groups is 1. The second-order valence-corrected chi connectivity index (χ2v) is 9.12. The number of carbonyl (C=O) groups excluding carboxylic acids is 1. The monoisotopic (exact) mass is 423 g/mol. The van der Waals surface area contributed by atoms with Crippen LogP contribution in [0.15, 0.2) is 48.5 Å². The van der Waals surface area contributed by atoms with E-state index in [1.165, 1.54) is 0 Å². The number of ether oxygens (including phenoxy) is 2. The van der Waals surface area contributed by atoms with Crippen molar-refractivity contribution in [3.8, 4) is 11.5 Å². The highest BCUT2D eigenvalue weighted by molar-refractivity contribution is 7.64. The highest BCUT2D eigenvalue weighted by Gasteiger charge is 2.37. The number of nitrogens with zero attached hydrogens (tertiary/aromatic N) is 1. The van der Waals surface area contributed by atoms with Gasteiger partial charge in [-0.3, -0.25) is 9.36 Å². The first-order valence-electron chi connectivity index (χ1n) is 9.21. The van der Waals surface area contributed by atoms with Crippen LogP contribution in [0.2, 0.25) is 5.02 Å². The molecule has 1 aliphatic rings. The van der Waals surface area contributed by atoms with Crippen LogP contribution >= 0.6 is 19.1 Å². The highest BCUT2D eigenvalue weighted by Crippen LogP contribution is 2.51. The van der Waals surface area contributed by atoms with E-state index in [1.807, 2.05) is 0 Å². The van der Waals surface area contributed by atoms with Crippen molar-refractivity contribution in [2.45, 2.75) is 19.8 Å². The molecule has 8 heteroatoms. The van der Waals surface area contributed by atoms with Gasteiger partial charge < -0.3 is 14.0 Å². The Morgan fingerprint density at radius 2 is 1.75 bits per heavy atom. The Morgan fingerprint density at radius 1 is 1.11 bits per heavy atom. The Morgan fingerprint density at radius 3 is 2.39 bits per heavy atom. The predicted octanol–water partition coefficient (Wildman–Crippen LogP) is 4.63. The van der Waals surface area contributed by atoms with Gasteiger partial charge in [0.05, 0.1) is 18.5 Å². The van der Waals surface area contributed by atoms with E-state index in [0.717, 1.165) is 12.8 Å². The third-order valence-electron chi connectivity index (χ3n) is 4.28. The predicted molar refractivity (Wildman–Crippen MR) is 109 cm³/mol. The van der Waals surface area contributed by atoms with Gasteiger partial charge in [-0.1, -0.05) is 11.6 Å². The van der Waals surface area contributed by atoms with Crippen LogP contribution in [-0.4, -0.2) is 36.9 Å². The number of hydrogen-bond acceptors (Lipinski definition) is 5. The number of benzene rings is 2. The van der Waals surface area contributed by atoms with Crippen molar-refractivity contribution < 1.29 is 23.4 Å². The molecule has 0 amide bonds. The van der Waals surface area contributed by atoms with E-state index < -0.39 is 13.5 Å². The van der Waals surface area contributed by atoms with E-state index >= 15 is 0 Å². The molecular formula is C20H23ClNO5P. The summed E-state index contributed by atoms with van der Waals surface area (Å²) in [7, 11) is -3.35. The average molecular weight is 424 g/mol. The first-order valence-corrected chi connectivity index (χ1v) is 11.2. The molecule has 3 rings (SSSR count). The largest absolute Gasteiger partial charge is 0.465 e. The summed E-state index contributed by atoms with van der Waals surface area (Å²) in [6, 6.07) is 13.9. The summed E-state index contributed by atoms with van der Waals surface area (Å²) in [5.41, 5.74) is 0. The summed E-state index contributed by atoms with van der Waals surface area (Å²) in [5, 5.41) is 1.16. The number of esters is 1. The average Bonchev–Trinajstić information content (AvgIpc) is 2.87. The Hall–Kier alpha value is -1.85. The van der Waals surface area contributed by atoms with E-state index in [4.69, 9.17) is 25.6 Å². The minimum absolute atomic E-state index is 0.0614. The van der Waals surface area contributed by atoms with Gasteiger partial charge in [-0.05, 0) is 68.3 Å². The Bertz CT molecular complexity index is 841. The van der Waals surface area contributed by atoms with Crippen molar-refractivity contribution in [3.63, 3.8) is 0 Å². The summed E-state index contributed by atoms with van der Waals surface area (Å²) in [4.78, 5) is 12.0. The molecule has 0 aliphatic carbocycles. The van der Waals surface area contributed by atoms with Crippen LogP contribution in [0.5, 0.6) is 11.5 Å². The Kier molecular flexibility index (Phi) is 7.13. The van der Waals surface area contributed by atoms with Gasteiger partial charge in [0.1, 0.15) is 18.0 Å². The van der Waals surface area contributed by atoms with Gasteiger partial charge in [0.2, 0.25) is 0 Å². The molecular weight excluding hydrogens is 401 g/mol. The lowest BCUT2D eigenvalue weighted by Gasteiger charge is -2.28. The van der Waals surface area contributed by atoms with E-state index in [2.05, 4.69) is 0 Å². The maximum atomic E-state index is 13.7. The van der Waals surface area contributed by atoms with Gasteiger partial charge in [-0.15, -0.1) is 0 Å². The van der Waals surface area contributed by atoms with Gasteiger partial charge in [0, 0.05) is 11.6 Å². The third kappa shape index (κ3) is 5.15. The van der Waals surface area contributed by atoms with E-state index in [9.17, 15) is 9.36 Å². The second kappa shape index (κ2) is 9.57. The molecule has 1 fully saturated rings. The zero-order chi connectivity index (χ0) is 20.0. The fourth-order valence-corrected chi connectivity index (χ4v) is 5.28. The van der Waals surface area contributed by atoms with Crippen molar-refractivity contribution in [3.05, 3.63) is 53.6 Å². The first kappa shape index (κ1) is 20.9. The Labute approximate surface area is 169 Å². The standard InChI is InChI=1S/C20H23ClNO5P/c1-2-25-20(23)15-22-13-3-4-14-26-28(22,24)19-11-9-18(10-12-19)27-17-7-5-16(21)6-8-17/h5-12H,2-4,13-15H2,1H3. The summed E-state index contributed by atoms with van der Waals surface area (Å²) >= 11 is 5.88. The molecule has 1 aliphatic heterocycles. The van der Waals surface area contributed by atoms with Crippen molar-refractivity contribution in [1.29, 1.82) is 0 Å². The molecule has 1 heterocycles. The highest BCUT2D eigenvalue weighted by atomic mass is 35.5. The van der Waals surface area contributed by atoms with Crippen LogP contribution in [0, 0.1) is 0 Å². The summed E-state index contributed by atoms with van der Waals surface area (Å²) < 4.78 is 31.8. The van der Waals surface area contributed by atoms with Crippen LogP contribution < -0.4 is 10.0 Å². The molecule has 6 nitrogen and oxygen atoms in total. The fourth-order valence-electron chi connectivity index (χ4n) is 2.90. The quantitative estimate of drug-likeness (QED) is 0.498. The van der Waals surface area contributed by atoms with Gasteiger partial charge in [0.25, 0.3) is 0 Å². The molecule has 0 N–H and O–H groups in total. The zero-order valence-electron chi connectivity index (χ0n) is 15.7. The molecule has 1 atom stereocenters. The van der Waals surface area contributed by atoms with Crippen LogP contribution in [0.1, 0.15) is 19.8 Å². The molecule has 0 bridgehead atoms. The summed E-state index contributed by atoms with van der Waals surface area (Å²) in [6.45, 7) is 2.87. The Balaban J connectivity index is 1.79. The molecule has 1 saturated heterocycles. The molecule has 0 aromatic heterocycles. The lowest BCUT2D eigenvalue weighted by molar-refractivity contribution is -0.143. The first-order chi connectivity index (χ1) is 13.5. The minimum Gasteiger partial charge on any atom is -0.465 e. The fraction of sp³-hybridized carbons (Fsp3) is 0.350. The van der Waals surface area contributed by atoms with Crippen LogP contribution in [0.25, 0.3) is 0 Å². The summed E-state index contributed by atoms with van der Waals surface area (Å²) in [6.07, 6.45) is 1.60. The lowest BCUT2D eigenvalue weighted by Crippen LogP contribution is -2.32. The molecule has 2 aromatic carbocycles. The smallest absolute Gasteiger partial charge is 0.320 e. The number of rotatable bonds is 6. The van der Waals surface area contributed by atoms with E-state index in [1.54, 1.807) is 60.1 Å². The topological polar surface area (TPSA) is 65.1 Å². The normalized spacial score (nSPS) is 20.4. The maximum Gasteiger partial charge on any atom is 0.320 e. The van der Waals surface area contributed by atoms with Crippen LogP contribution in [-0.2, 0) is 18.6 Å². The minimum atomic E-state index is -3.35. The van der Waals surface area contributed by atoms with Crippen molar-refractivity contribution >= 4 is 30.4 Å². The molecule has 28 heavy (non-hydrogen) atoms. The molecule has 2 aromatic rings. The van der Waals surface area contributed by atoms with Gasteiger partial charge in [-0.2, -0.15) is 0 Å². The molecule has 0 radical (unpaired) electrons. The van der Waals surface area contributed by atoms with Crippen molar-refractivity contribution in [1.82, 2.24) is 4.67 Å². The van der Waals surface area contributed by atoms with Crippen molar-refractivity contribution in [2.75, 3.05) is 26.3 Å². The third-order valence-corrected chi connectivity index (χ3v) is 7.10. The molecule has 0 saturated carbocycles. The number of hydrogen-bond donors (Lipinski definition) is 0. The van der Waals surface area contributed by atoms with Gasteiger partial charge >= 0.3 is 13.5 Å². The summed E-state index contributed by atoms with van der Waals surface area (Å²) in [5.74, 6) is 0.846. The van der Waals surface area contributed by atoms with Crippen LogP contribution in [0.3, 0.4) is 0 Å². The van der Waals surface area contributed by atoms with E-state index in [0.29, 0.717) is 35.0 Å². The zero-order valence-corrected chi connectivity index (χ0v) is 17.3. The van der Waals surface area contributed by atoms with Crippen molar-refractivity contribution in [2.24, 2.45) is 0 Å². The van der Waals surface area contributed by atoms with E-state index in [-0.39, 0.29) is 13.2 Å². The molecule has 150 valence electrons. The van der Waals surface area contributed by atoms with Crippen LogP contribution in [0.4, 0.5) is 0 Å². The molecule has 1 unspecified atom stereocenters.